The van der Waals surface area contributed by atoms with Crippen LogP contribution in [0.1, 0.15) is 6.92 Å². The maximum absolute atomic E-state index is 12.9. The van der Waals surface area contributed by atoms with Crippen molar-refractivity contribution in [3.63, 3.8) is 0 Å². The molecule has 3 aromatic rings. The molecule has 7 nitrogen and oxygen atoms in total. The average Bonchev–Trinajstić information content (AvgIpc) is 2.70. The number of aromatic nitrogens is 2. The van der Waals surface area contributed by atoms with Crippen LogP contribution in [0.2, 0.25) is 0 Å². The Morgan fingerprint density at radius 2 is 1.74 bits per heavy atom. The molecule has 0 bridgehead atoms. The van der Waals surface area contributed by atoms with E-state index in [1.165, 1.54) is 4.68 Å². The Hall–Kier alpha value is -3.03. The van der Waals surface area contributed by atoms with Crippen LogP contribution in [-0.4, -0.2) is 42.0 Å². The Morgan fingerprint density at radius 1 is 1.04 bits per heavy atom. The predicted octanol–water partition coefficient (Wildman–Crippen LogP) is 2.19. The molecule has 1 heterocycles. The second-order valence-corrected chi connectivity index (χ2v) is 5.74. The van der Waals surface area contributed by atoms with E-state index in [1.54, 1.807) is 18.2 Å². The minimum absolute atomic E-state index is 0.180. The quantitative estimate of drug-likeness (QED) is 0.617. The highest BCUT2D eigenvalue weighted by atomic mass is 16.5. The van der Waals surface area contributed by atoms with Crippen LogP contribution in [-0.2, 0) is 14.3 Å². The molecular weight excluding hydrogens is 346 g/mol. The second kappa shape index (κ2) is 9.07. The van der Waals surface area contributed by atoms with Crippen LogP contribution in [0.4, 0.5) is 0 Å². The number of nitrogens with one attached hydrogen (secondary N) is 1. The van der Waals surface area contributed by atoms with Crippen molar-refractivity contribution in [2.24, 2.45) is 0 Å². The summed E-state index contributed by atoms with van der Waals surface area (Å²) in [4.78, 5) is 29.7. The zero-order valence-corrected chi connectivity index (χ0v) is 15.1. The van der Waals surface area contributed by atoms with Crippen LogP contribution < -0.4 is 11.0 Å². The number of ether oxygens (including phenoxy) is 2. The summed E-state index contributed by atoms with van der Waals surface area (Å²) in [7, 11) is 0. The summed E-state index contributed by atoms with van der Waals surface area (Å²) in [5, 5.41) is 0.426. The number of nitrogens with zero attached hydrogens (tertiary/aromatic N) is 2. The van der Waals surface area contributed by atoms with E-state index >= 15 is 0 Å². The number of hydrogen-bond acceptors (Lipinski definition) is 5. The normalized spacial score (nSPS) is 10.9. The molecule has 0 spiro atoms. The van der Waals surface area contributed by atoms with Crippen molar-refractivity contribution in [2.45, 2.75) is 6.92 Å². The SMILES string of the molecule is CCOCCOCC(=O)Nn1c(-c2ccccc2)nc2ccccc2c1=O. The van der Waals surface area contributed by atoms with Gasteiger partial charge in [-0.15, -0.1) is 0 Å². The van der Waals surface area contributed by atoms with E-state index in [9.17, 15) is 9.59 Å². The molecule has 2 aromatic carbocycles. The van der Waals surface area contributed by atoms with Crippen molar-refractivity contribution < 1.29 is 14.3 Å². The molecular formula is C20H21N3O4. The zero-order chi connectivity index (χ0) is 19.1. The molecule has 1 N–H and O–H groups in total. The minimum Gasteiger partial charge on any atom is -0.379 e. The smallest absolute Gasteiger partial charge is 0.280 e. The molecule has 3 rings (SSSR count). The van der Waals surface area contributed by atoms with Crippen LogP contribution in [0.15, 0.2) is 59.4 Å². The average molecular weight is 367 g/mol. The first-order chi connectivity index (χ1) is 13.2. The second-order valence-electron chi connectivity index (χ2n) is 5.74. The molecule has 0 aliphatic carbocycles. The molecule has 0 radical (unpaired) electrons. The van der Waals surface area contributed by atoms with Crippen molar-refractivity contribution in [3.05, 3.63) is 65.0 Å². The number of carbonyl (C=O) groups excluding carboxylic acids is 1. The Kier molecular flexibility index (Phi) is 6.30. The van der Waals surface area contributed by atoms with E-state index < -0.39 is 5.91 Å². The van der Waals surface area contributed by atoms with E-state index in [1.807, 2.05) is 43.3 Å². The molecule has 0 aliphatic heterocycles. The summed E-state index contributed by atoms with van der Waals surface area (Å²) >= 11 is 0. The molecule has 0 atom stereocenters. The fourth-order valence-electron chi connectivity index (χ4n) is 2.60. The summed E-state index contributed by atoms with van der Waals surface area (Å²) in [6.07, 6.45) is 0. The molecule has 0 saturated carbocycles. The van der Waals surface area contributed by atoms with Gasteiger partial charge in [-0.2, -0.15) is 4.68 Å². The molecule has 1 aromatic heterocycles. The van der Waals surface area contributed by atoms with E-state index in [2.05, 4.69) is 10.4 Å². The van der Waals surface area contributed by atoms with Crippen molar-refractivity contribution in [1.82, 2.24) is 9.66 Å². The zero-order valence-electron chi connectivity index (χ0n) is 15.1. The van der Waals surface area contributed by atoms with E-state index in [0.717, 1.165) is 5.56 Å². The van der Waals surface area contributed by atoms with Gasteiger partial charge in [-0.3, -0.25) is 15.0 Å². The van der Waals surface area contributed by atoms with Crippen LogP contribution >= 0.6 is 0 Å². The fraction of sp³-hybridized carbons (Fsp3) is 0.250. The van der Waals surface area contributed by atoms with Crippen molar-refractivity contribution in [3.8, 4) is 11.4 Å². The molecule has 0 unspecified atom stereocenters. The first-order valence-corrected chi connectivity index (χ1v) is 8.73. The summed E-state index contributed by atoms with van der Waals surface area (Å²) in [6, 6.07) is 16.3. The summed E-state index contributed by atoms with van der Waals surface area (Å²) in [6.45, 7) is 3.01. The van der Waals surface area contributed by atoms with Gasteiger partial charge in [-0.1, -0.05) is 42.5 Å². The van der Waals surface area contributed by atoms with Crippen molar-refractivity contribution >= 4 is 16.8 Å². The monoisotopic (exact) mass is 367 g/mol. The van der Waals surface area contributed by atoms with Crippen molar-refractivity contribution in [1.29, 1.82) is 0 Å². The molecule has 0 aliphatic rings. The molecule has 0 saturated heterocycles. The fourth-order valence-corrected chi connectivity index (χ4v) is 2.60. The molecule has 27 heavy (non-hydrogen) atoms. The Balaban J connectivity index is 1.90. The topological polar surface area (TPSA) is 82.4 Å². The number of hydrogen-bond donors (Lipinski definition) is 1. The minimum atomic E-state index is -0.442. The number of para-hydroxylation sites is 1. The molecule has 7 heteroatoms. The van der Waals surface area contributed by atoms with E-state index in [-0.39, 0.29) is 12.2 Å². The molecule has 0 fully saturated rings. The first-order valence-electron chi connectivity index (χ1n) is 8.73. The maximum atomic E-state index is 12.9. The summed E-state index contributed by atoms with van der Waals surface area (Å²) in [5.41, 5.74) is 3.54. The number of fused-ring (bicyclic) bond motifs is 1. The van der Waals surface area contributed by atoms with Gasteiger partial charge in [0.25, 0.3) is 11.5 Å². The van der Waals surface area contributed by atoms with Gasteiger partial charge in [0, 0.05) is 12.2 Å². The Bertz CT molecular complexity index is 970. The van der Waals surface area contributed by atoms with Gasteiger partial charge in [-0.25, -0.2) is 4.98 Å². The summed E-state index contributed by atoms with van der Waals surface area (Å²) < 4.78 is 11.6. The van der Waals surface area contributed by atoms with Gasteiger partial charge in [-0.05, 0) is 19.1 Å². The Morgan fingerprint density at radius 3 is 2.52 bits per heavy atom. The summed E-state index contributed by atoms with van der Waals surface area (Å²) in [5.74, 6) is -0.0789. The lowest BCUT2D eigenvalue weighted by atomic mass is 10.2. The third-order valence-electron chi connectivity index (χ3n) is 3.85. The van der Waals surface area contributed by atoms with Crippen LogP contribution in [0.3, 0.4) is 0 Å². The highest BCUT2D eigenvalue weighted by molar-refractivity contribution is 5.86. The van der Waals surface area contributed by atoms with Gasteiger partial charge in [0.15, 0.2) is 5.82 Å². The number of carbonyl (C=O) groups is 1. The van der Waals surface area contributed by atoms with Gasteiger partial charge in [0.2, 0.25) is 0 Å². The molecule has 140 valence electrons. The standard InChI is InChI=1S/C20H21N3O4/c1-2-26-12-13-27-14-18(24)22-23-19(15-8-4-3-5-9-15)21-17-11-7-6-10-16(17)20(23)25/h3-11H,2,12-14H2,1H3,(H,22,24). The number of rotatable bonds is 8. The lowest BCUT2D eigenvalue weighted by molar-refractivity contribution is -0.122. The van der Waals surface area contributed by atoms with Gasteiger partial charge >= 0.3 is 0 Å². The van der Waals surface area contributed by atoms with Crippen molar-refractivity contribution in [2.75, 3.05) is 31.9 Å². The van der Waals surface area contributed by atoms with E-state index in [0.29, 0.717) is 36.5 Å². The number of amides is 1. The van der Waals surface area contributed by atoms with E-state index in [4.69, 9.17) is 9.47 Å². The highest BCUT2D eigenvalue weighted by Crippen LogP contribution is 2.17. The lowest BCUT2D eigenvalue weighted by Crippen LogP contribution is -2.37. The number of benzene rings is 2. The van der Waals surface area contributed by atoms with Crippen LogP contribution in [0.25, 0.3) is 22.3 Å². The van der Waals surface area contributed by atoms with Gasteiger partial charge in [0.1, 0.15) is 6.61 Å². The predicted molar refractivity (Wildman–Crippen MR) is 103 cm³/mol. The van der Waals surface area contributed by atoms with Gasteiger partial charge in [0.05, 0.1) is 24.1 Å². The maximum Gasteiger partial charge on any atom is 0.280 e. The Labute approximate surface area is 156 Å². The largest absolute Gasteiger partial charge is 0.379 e. The first kappa shape index (κ1) is 18.8. The highest BCUT2D eigenvalue weighted by Gasteiger charge is 2.14. The molecule has 1 amide bonds. The third-order valence-corrected chi connectivity index (χ3v) is 3.85. The lowest BCUT2D eigenvalue weighted by Gasteiger charge is -2.14. The van der Waals surface area contributed by atoms with Gasteiger partial charge < -0.3 is 9.47 Å². The van der Waals surface area contributed by atoms with Crippen LogP contribution in [0, 0.1) is 0 Å². The third kappa shape index (κ3) is 4.58. The van der Waals surface area contributed by atoms with Crippen LogP contribution in [0.5, 0.6) is 0 Å².